The molecule has 1 aromatic heterocycles. The zero-order valence-corrected chi connectivity index (χ0v) is 10.1. The van der Waals surface area contributed by atoms with Crippen LogP contribution >= 0.6 is 0 Å². The van der Waals surface area contributed by atoms with E-state index in [9.17, 15) is 5.11 Å². The van der Waals surface area contributed by atoms with Crippen LogP contribution in [0.15, 0.2) is 30.3 Å². The van der Waals surface area contributed by atoms with Crippen molar-refractivity contribution in [1.29, 1.82) is 0 Å². The maximum absolute atomic E-state index is 10.00. The number of benzene rings is 1. The highest BCUT2D eigenvalue weighted by atomic mass is 16.3. The molecule has 1 unspecified atom stereocenters. The van der Waals surface area contributed by atoms with Gasteiger partial charge in [0.05, 0.1) is 11.6 Å². The number of nitrogens with zero attached hydrogens (tertiary/aromatic N) is 1. The Bertz CT molecular complexity index is 546. The molecule has 1 aliphatic rings. The van der Waals surface area contributed by atoms with Gasteiger partial charge >= 0.3 is 0 Å². The molecule has 1 heterocycles. The largest absolute Gasteiger partial charge is 0.392 e. The van der Waals surface area contributed by atoms with Crippen LogP contribution in [0.3, 0.4) is 0 Å². The molecule has 0 aliphatic heterocycles. The summed E-state index contributed by atoms with van der Waals surface area (Å²) in [5, 5.41) is 11.2. The third kappa shape index (κ3) is 2.18. The van der Waals surface area contributed by atoms with Crippen molar-refractivity contribution >= 4 is 10.9 Å². The van der Waals surface area contributed by atoms with Gasteiger partial charge in [0.15, 0.2) is 0 Å². The SMILES string of the molecule is Cc1cc2ccccc2nc1CC(O)C1CC1. The molecule has 1 aliphatic carbocycles. The number of rotatable bonds is 3. The van der Waals surface area contributed by atoms with Gasteiger partial charge in [-0.15, -0.1) is 0 Å². The number of aromatic nitrogens is 1. The fourth-order valence-electron chi connectivity index (χ4n) is 2.31. The van der Waals surface area contributed by atoms with Gasteiger partial charge in [-0.2, -0.15) is 0 Å². The minimum Gasteiger partial charge on any atom is -0.392 e. The second-order valence-corrected chi connectivity index (χ2v) is 5.05. The molecular weight excluding hydrogens is 210 g/mol. The lowest BCUT2D eigenvalue weighted by Crippen LogP contribution is -2.14. The van der Waals surface area contributed by atoms with Crippen LogP contribution in [-0.4, -0.2) is 16.2 Å². The topological polar surface area (TPSA) is 33.1 Å². The summed E-state index contributed by atoms with van der Waals surface area (Å²) in [7, 11) is 0. The van der Waals surface area contributed by atoms with Gasteiger partial charge in [0.2, 0.25) is 0 Å². The third-order valence-electron chi connectivity index (χ3n) is 3.59. The van der Waals surface area contributed by atoms with Crippen LogP contribution in [0, 0.1) is 12.8 Å². The molecule has 0 amide bonds. The van der Waals surface area contributed by atoms with Gasteiger partial charge in [-0.3, -0.25) is 4.98 Å². The minimum absolute atomic E-state index is 0.206. The molecule has 0 spiro atoms. The highest BCUT2D eigenvalue weighted by Gasteiger charge is 2.30. The normalized spacial score (nSPS) is 17.3. The van der Waals surface area contributed by atoms with Crippen molar-refractivity contribution < 1.29 is 5.11 Å². The van der Waals surface area contributed by atoms with E-state index in [2.05, 4.69) is 24.0 Å². The van der Waals surface area contributed by atoms with E-state index in [1.165, 1.54) is 23.8 Å². The molecular formula is C15H17NO. The molecule has 1 saturated carbocycles. The maximum Gasteiger partial charge on any atom is 0.0705 e. The summed E-state index contributed by atoms with van der Waals surface area (Å²) in [6.07, 6.45) is 2.84. The molecule has 17 heavy (non-hydrogen) atoms. The Morgan fingerprint density at radius 2 is 2.12 bits per heavy atom. The van der Waals surface area contributed by atoms with Crippen LogP contribution < -0.4 is 0 Å². The molecule has 2 nitrogen and oxygen atoms in total. The lowest BCUT2D eigenvalue weighted by atomic mass is 10.0. The van der Waals surface area contributed by atoms with Crippen molar-refractivity contribution in [3.63, 3.8) is 0 Å². The van der Waals surface area contributed by atoms with Gasteiger partial charge in [-0.05, 0) is 43.4 Å². The monoisotopic (exact) mass is 227 g/mol. The zero-order chi connectivity index (χ0) is 11.8. The summed E-state index contributed by atoms with van der Waals surface area (Å²) in [5.41, 5.74) is 3.25. The van der Waals surface area contributed by atoms with Crippen molar-refractivity contribution in [2.24, 2.45) is 5.92 Å². The van der Waals surface area contributed by atoms with Gasteiger partial charge in [0.1, 0.15) is 0 Å². The first-order chi connectivity index (χ1) is 8.24. The fourth-order valence-corrected chi connectivity index (χ4v) is 2.31. The van der Waals surface area contributed by atoms with Crippen molar-refractivity contribution in [2.75, 3.05) is 0 Å². The van der Waals surface area contributed by atoms with Crippen molar-refractivity contribution in [3.8, 4) is 0 Å². The molecule has 1 fully saturated rings. The molecule has 1 aromatic carbocycles. The highest BCUT2D eigenvalue weighted by molar-refractivity contribution is 5.79. The molecule has 2 heteroatoms. The van der Waals surface area contributed by atoms with E-state index in [-0.39, 0.29) is 6.10 Å². The van der Waals surface area contributed by atoms with Gasteiger partial charge in [0.25, 0.3) is 0 Å². The van der Waals surface area contributed by atoms with E-state index in [0.717, 1.165) is 11.2 Å². The quantitative estimate of drug-likeness (QED) is 0.874. The van der Waals surface area contributed by atoms with E-state index < -0.39 is 0 Å². The predicted octanol–water partition coefficient (Wildman–Crippen LogP) is 2.86. The first kappa shape index (κ1) is 10.7. The van der Waals surface area contributed by atoms with E-state index in [1.54, 1.807) is 0 Å². The van der Waals surface area contributed by atoms with Crippen LogP contribution in [-0.2, 0) is 6.42 Å². The Labute approximate surface area is 101 Å². The summed E-state index contributed by atoms with van der Waals surface area (Å²) < 4.78 is 0. The van der Waals surface area contributed by atoms with Crippen LogP contribution in [0.25, 0.3) is 10.9 Å². The van der Waals surface area contributed by atoms with Gasteiger partial charge in [0, 0.05) is 17.5 Å². The van der Waals surface area contributed by atoms with Gasteiger partial charge in [-0.25, -0.2) is 0 Å². The maximum atomic E-state index is 10.00. The summed E-state index contributed by atoms with van der Waals surface area (Å²) >= 11 is 0. The molecule has 1 N–H and O–H groups in total. The average molecular weight is 227 g/mol. The number of hydrogen-bond donors (Lipinski definition) is 1. The standard InChI is InChI=1S/C15H17NO/c1-10-8-12-4-2-3-5-13(12)16-14(10)9-15(17)11-6-7-11/h2-5,8,11,15,17H,6-7,9H2,1H3. The lowest BCUT2D eigenvalue weighted by Gasteiger charge is -2.11. The molecule has 0 bridgehead atoms. The van der Waals surface area contributed by atoms with E-state index in [4.69, 9.17) is 0 Å². The van der Waals surface area contributed by atoms with E-state index >= 15 is 0 Å². The van der Waals surface area contributed by atoms with Crippen LogP contribution in [0.5, 0.6) is 0 Å². The number of hydrogen-bond acceptors (Lipinski definition) is 2. The lowest BCUT2D eigenvalue weighted by molar-refractivity contribution is 0.150. The first-order valence-corrected chi connectivity index (χ1v) is 6.27. The van der Waals surface area contributed by atoms with Crippen LogP contribution in [0.1, 0.15) is 24.1 Å². The zero-order valence-electron chi connectivity index (χ0n) is 10.1. The minimum atomic E-state index is -0.206. The molecule has 1 atom stereocenters. The number of aliphatic hydroxyl groups excluding tert-OH is 1. The second-order valence-electron chi connectivity index (χ2n) is 5.05. The number of fused-ring (bicyclic) bond motifs is 1. The predicted molar refractivity (Wildman–Crippen MR) is 68.9 cm³/mol. The van der Waals surface area contributed by atoms with Crippen LogP contribution in [0.4, 0.5) is 0 Å². The molecule has 0 radical (unpaired) electrons. The third-order valence-corrected chi connectivity index (χ3v) is 3.59. The van der Waals surface area contributed by atoms with Crippen molar-refractivity contribution in [2.45, 2.75) is 32.3 Å². The highest BCUT2D eigenvalue weighted by Crippen LogP contribution is 2.34. The van der Waals surface area contributed by atoms with E-state index in [1.807, 2.05) is 18.2 Å². The molecule has 0 saturated heterocycles. The Kier molecular flexibility index (Phi) is 2.60. The molecule has 88 valence electrons. The summed E-state index contributed by atoms with van der Waals surface area (Å²) in [4.78, 5) is 4.66. The Hall–Kier alpha value is -1.41. The average Bonchev–Trinajstić information content (AvgIpc) is 3.14. The summed E-state index contributed by atoms with van der Waals surface area (Å²) in [6, 6.07) is 10.3. The Balaban J connectivity index is 1.94. The summed E-state index contributed by atoms with van der Waals surface area (Å²) in [5.74, 6) is 0.516. The summed E-state index contributed by atoms with van der Waals surface area (Å²) in [6.45, 7) is 2.08. The molecule has 3 rings (SSSR count). The van der Waals surface area contributed by atoms with E-state index in [0.29, 0.717) is 12.3 Å². The molecule has 2 aromatic rings. The first-order valence-electron chi connectivity index (χ1n) is 6.27. The van der Waals surface area contributed by atoms with Gasteiger partial charge in [-0.1, -0.05) is 18.2 Å². The fraction of sp³-hybridized carbons (Fsp3) is 0.400. The Morgan fingerprint density at radius 1 is 1.35 bits per heavy atom. The van der Waals surface area contributed by atoms with Crippen molar-refractivity contribution in [1.82, 2.24) is 4.98 Å². The number of aliphatic hydroxyl groups is 1. The second kappa shape index (κ2) is 4.11. The number of para-hydroxylation sites is 1. The number of pyridine rings is 1. The van der Waals surface area contributed by atoms with Crippen molar-refractivity contribution in [3.05, 3.63) is 41.6 Å². The number of aryl methyl sites for hydroxylation is 1. The Morgan fingerprint density at radius 3 is 2.88 bits per heavy atom. The van der Waals surface area contributed by atoms with Gasteiger partial charge < -0.3 is 5.11 Å². The van der Waals surface area contributed by atoms with Crippen LogP contribution in [0.2, 0.25) is 0 Å². The smallest absolute Gasteiger partial charge is 0.0705 e.